The van der Waals surface area contributed by atoms with Gasteiger partial charge in [-0.05, 0) is 66.7 Å². The molecule has 0 bridgehead atoms. The molecule has 0 aromatic heterocycles. The molecule has 0 radical (unpaired) electrons. The Bertz CT molecular complexity index is 638. The van der Waals surface area contributed by atoms with Gasteiger partial charge in [0.25, 0.3) is 0 Å². The zero-order chi connectivity index (χ0) is 15.1. The van der Waals surface area contributed by atoms with E-state index < -0.39 is 0 Å². The van der Waals surface area contributed by atoms with E-state index in [4.69, 9.17) is 17.0 Å². The molecule has 108 valence electrons. The summed E-state index contributed by atoms with van der Waals surface area (Å²) in [5.41, 5.74) is 5.85. The Morgan fingerprint density at radius 1 is 1.19 bits per heavy atom. The minimum Gasteiger partial charge on any atom is -0.497 e. The van der Waals surface area contributed by atoms with Gasteiger partial charge in [-0.3, -0.25) is 5.43 Å². The number of thiocarbonyl (C=S) groups is 1. The third kappa shape index (κ3) is 4.89. The van der Waals surface area contributed by atoms with Crippen molar-refractivity contribution in [1.82, 2.24) is 5.43 Å². The van der Waals surface area contributed by atoms with Crippen molar-refractivity contribution in [2.24, 2.45) is 5.10 Å². The first kappa shape index (κ1) is 15.0. The Balaban J connectivity index is 1.86. The van der Waals surface area contributed by atoms with Crippen LogP contribution in [0.5, 0.6) is 5.75 Å². The average molecular weight is 299 g/mol. The molecule has 2 N–H and O–H groups in total. The molecular formula is C16H17N3OS. The van der Waals surface area contributed by atoms with E-state index >= 15 is 0 Å². The van der Waals surface area contributed by atoms with Crippen LogP contribution in [0.3, 0.4) is 0 Å². The first-order chi connectivity index (χ1) is 10.2. The van der Waals surface area contributed by atoms with Crippen molar-refractivity contribution in [3.63, 3.8) is 0 Å². The Hall–Kier alpha value is -2.40. The molecule has 0 saturated carbocycles. The molecule has 2 rings (SSSR count). The van der Waals surface area contributed by atoms with Crippen molar-refractivity contribution < 1.29 is 4.74 Å². The van der Waals surface area contributed by atoms with E-state index in [1.807, 2.05) is 55.5 Å². The van der Waals surface area contributed by atoms with Gasteiger partial charge in [0.15, 0.2) is 5.11 Å². The fraction of sp³-hybridized carbons (Fsp3) is 0.125. The number of hydrogen-bond donors (Lipinski definition) is 2. The van der Waals surface area contributed by atoms with E-state index in [0.29, 0.717) is 5.11 Å². The second kappa shape index (κ2) is 7.40. The van der Waals surface area contributed by atoms with Gasteiger partial charge < -0.3 is 10.1 Å². The summed E-state index contributed by atoms with van der Waals surface area (Å²) in [7, 11) is 1.64. The maximum atomic E-state index is 5.18. The molecule has 0 aliphatic carbocycles. The summed E-state index contributed by atoms with van der Waals surface area (Å²) in [5.74, 6) is 0.816. The molecule has 0 unspecified atom stereocenters. The van der Waals surface area contributed by atoms with Crippen molar-refractivity contribution in [3.8, 4) is 5.75 Å². The van der Waals surface area contributed by atoms with Crippen molar-refractivity contribution in [2.45, 2.75) is 6.92 Å². The number of anilines is 1. The maximum Gasteiger partial charge on any atom is 0.191 e. The molecule has 0 amide bonds. The Morgan fingerprint density at radius 3 is 2.62 bits per heavy atom. The lowest BCUT2D eigenvalue weighted by Gasteiger charge is -2.07. The van der Waals surface area contributed by atoms with Gasteiger partial charge >= 0.3 is 0 Å². The number of hydrogen-bond acceptors (Lipinski definition) is 3. The van der Waals surface area contributed by atoms with E-state index in [9.17, 15) is 0 Å². The number of hydrazone groups is 1. The van der Waals surface area contributed by atoms with Crippen molar-refractivity contribution in [1.29, 1.82) is 0 Å². The van der Waals surface area contributed by atoms with E-state index in [2.05, 4.69) is 15.8 Å². The van der Waals surface area contributed by atoms with E-state index in [0.717, 1.165) is 17.0 Å². The molecule has 4 nitrogen and oxygen atoms in total. The predicted molar refractivity (Wildman–Crippen MR) is 91.1 cm³/mol. The van der Waals surface area contributed by atoms with Crippen LogP contribution in [0.1, 0.15) is 11.1 Å². The molecule has 0 aliphatic heterocycles. The zero-order valence-electron chi connectivity index (χ0n) is 12.0. The Labute approximate surface area is 129 Å². The third-order valence-corrected chi connectivity index (χ3v) is 2.96. The summed E-state index contributed by atoms with van der Waals surface area (Å²) >= 11 is 5.18. The number of rotatable bonds is 4. The van der Waals surface area contributed by atoms with Crippen LogP contribution in [-0.4, -0.2) is 18.4 Å². The Kier molecular flexibility index (Phi) is 5.29. The molecule has 0 saturated heterocycles. The smallest absolute Gasteiger partial charge is 0.191 e. The lowest BCUT2D eigenvalue weighted by molar-refractivity contribution is 0.415. The van der Waals surface area contributed by atoms with Gasteiger partial charge in [0.1, 0.15) is 5.75 Å². The van der Waals surface area contributed by atoms with Gasteiger partial charge in [0.05, 0.1) is 13.3 Å². The van der Waals surface area contributed by atoms with Gasteiger partial charge in [-0.15, -0.1) is 0 Å². The summed E-state index contributed by atoms with van der Waals surface area (Å²) in [6.07, 6.45) is 1.70. The number of nitrogens with one attached hydrogen (secondary N) is 2. The minimum absolute atomic E-state index is 0.449. The van der Waals surface area contributed by atoms with Gasteiger partial charge in [0.2, 0.25) is 0 Å². The van der Waals surface area contributed by atoms with Gasteiger partial charge in [-0.2, -0.15) is 5.10 Å². The monoisotopic (exact) mass is 299 g/mol. The highest BCUT2D eigenvalue weighted by molar-refractivity contribution is 7.80. The lowest BCUT2D eigenvalue weighted by atomic mass is 10.2. The van der Waals surface area contributed by atoms with E-state index in [1.54, 1.807) is 13.3 Å². The molecule has 0 heterocycles. The van der Waals surface area contributed by atoms with Crippen LogP contribution in [0, 0.1) is 6.92 Å². The minimum atomic E-state index is 0.449. The third-order valence-electron chi connectivity index (χ3n) is 2.77. The molecule has 0 spiro atoms. The van der Waals surface area contributed by atoms with Crippen LogP contribution in [0.2, 0.25) is 0 Å². The molecule has 2 aromatic carbocycles. The number of nitrogens with zero attached hydrogens (tertiary/aromatic N) is 1. The van der Waals surface area contributed by atoms with E-state index in [-0.39, 0.29) is 0 Å². The molecule has 2 aromatic rings. The average Bonchev–Trinajstić information content (AvgIpc) is 2.48. The quantitative estimate of drug-likeness (QED) is 0.516. The molecule has 5 heteroatoms. The highest BCUT2D eigenvalue weighted by atomic mass is 32.1. The largest absolute Gasteiger partial charge is 0.497 e. The molecule has 0 aliphatic rings. The van der Waals surface area contributed by atoms with Crippen LogP contribution in [0.15, 0.2) is 53.6 Å². The van der Waals surface area contributed by atoms with Gasteiger partial charge in [-0.25, -0.2) is 0 Å². The number of ether oxygens (including phenoxy) is 1. The van der Waals surface area contributed by atoms with Crippen molar-refractivity contribution in [2.75, 3.05) is 12.4 Å². The van der Waals surface area contributed by atoms with Gasteiger partial charge in [-0.1, -0.05) is 12.1 Å². The van der Waals surface area contributed by atoms with Crippen LogP contribution >= 0.6 is 12.2 Å². The summed E-state index contributed by atoms with van der Waals surface area (Å²) in [5, 5.41) is 7.62. The SMILES string of the molecule is COc1ccc(/C=N\NC(=S)Nc2cccc(C)c2)cc1. The maximum absolute atomic E-state index is 5.18. The zero-order valence-corrected chi connectivity index (χ0v) is 12.8. The topological polar surface area (TPSA) is 45.6 Å². The van der Waals surface area contributed by atoms with Crippen molar-refractivity contribution >= 4 is 29.2 Å². The highest BCUT2D eigenvalue weighted by Crippen LogP contribution is 2.10. The fourth-order valence-corrected chi connectivity index (χ4v) is 1.91. The normalized spacial score (nSPS) is 10.4. The van der Waals surface area contributed by atoms with Crippen LogP contribution in [-0.2, 0) is 0 Å². The lowest BCUT2D eigenvalue weighted by Crippen LogP contribution is -2.23. The first-order valence-electron chi connectivity index (χ1n) is 6.48. The summed E-state index contributed by atoms with van der Waals surface area (Å²) in [6, 6.07) is 15.6. The standard InChI is InChI=1S/C16H17N3OS/c1-12-4-3-5-14(10-12)18-16(21)19-17-11-13-6-8-15(20-2)9-7-13/h3-11H,1-2H3,(H2,18,19,21)/b17-11-. The highest BCUT2D eigenvalue weighted by Gasteiger charge is 1.96. The second-order valence-electron chi connectivity index (χ2n) is 4.47. The molecular weight excluding hydrogens is 282 g/mol. The Morgan fingerprint density at radius 2 is 1.95 bits per heavy atom. The predicted octanol–water partition coefficient (Wildman–Crippen LogP) is 3.32. The van der Waals surface area contributed by atoms with E-state index in [1.165, 1.54) is 5.56 Å². The number of methoxy groups -OCH3 is 1. The summed E-state index contributed by atoms with van der Waals surface area (Å²) in [4.78, 5) is 0. The van der Waals surface area contributed by atoms with Crippen LogP contribution in [0.4, 0.5) is 5.69 Å². The number of benzene rings is 2. The van der Waals surface area contributed by atoms with Crippen molar-refractivity contribution in [3.05, 3.63) is 59.7 Å². The summed E-state index contributed by atoms with van der Waals surface area (Å²) < 4.78 is 5.10. The molecule has 0 fully saturated rings. The number of aryl methyl sites for hydroxylation is 1. The van der Waals surface area contributed by atoms with Crippen LogP contribution in [0.25, 0.3) is 0 Å². The first-order valence-corrected chi connectivity index (χ1v) is 6.89. The molecule has 21 heavy (non-hydrogen) atoms. The molecule has 0 atom stereocenters. The van der Waals surface area contributed by atoms with Crippen LogP contribution < -0.4 is 15.5 Å². The summed E-state index contributed by atoms with van der Waals surface area (Å²) in [6.45, 7) is 2.03. The second-order valence-corrected chi connectivity index (χ2v) is 4.88. The van der Waals surface area contributed by atoms with Gasteiger partial charge in [0, 0.05) is 5.69 Å². The fourth-order valence-electron chi connectivity index (χ4n) is 1.74.